The smallest absolute Gasteiger partial charge is 0.305 e. The molecule has 1 unspecified atom stereocenters. The van der Waals surface area contributed by atoms with Crippen LogP contribution in [0.2, 0.25) is 0 Å². The van der Waals surface area contributed by atoms with Gasteiger partial charge in [-0.2, -0.15) is 0 Å². The standard InChI is InChI=1S/C12H22N2O3/c1-8(2)14(7-6-10(15)16)11(17)12(3,13)9-4-5-9/h8-9H,4-7,13H2,1-3H3,(H,15,16). The summed E-state index contributed by atoms with van der Waals surface area (Å²) in [5.41, 5.74) is 5.23. The van der Waals surface area contributed by atoms with Crippen LogP contribution in [0.5, 0.6) is 0 Å². The van der Waals surface area contributed by atoms with E-state index in [4.69, 9.17) is 10.8 Å². The number of nitrogens with two attached hydrogens (primary N) is 1. The van der Waals surface area contributed by atoms with Crippen LogP contribution < -0.4 is 5.73 Å². The molecule has 1 rings (SSSR count). The highest BCUT2D eigenvalue weighted by molar-refractivity contribution is 5.87. The van der Waals surface area contributed by atoms with Crippen LogP contribution in [-0.4, -0.2) is 40.0 Å². The van der Waals surface area contributed by atoms with Crippen molar-refractivity contribution < 1.29 is 14.7 Å². The molecule has 17 heavy (non-hydrogen) atoms. The number of nitrogens with zero attached hydrogens (tertiary/aromatic N) is 1. The lowest BCUT2D eigenvalue weighted by molar-refractivity contribution is -0.141. The van der Waals surface area contributed by atoms with Gasteiger partial charge >= 0.3 is 5.97 Å². The molecule has 5 heteroatoms. The lowest BCUT2D eigenvalue weighted by Gasteiger charge is -2.34. The van der Waals surface area contributed by atoms with Crippen molar-refractivity contribution >= 4 is 11.9 Å². The Kier molecular flexibility index (Phi) is 4.14. The highest BCUT2D eigenvalue weighted by atomic mass is 16.4. The lowest BCUT2D eigenvalue weighted by atomic mass is 9.94. The molecule has 98 valence electrons. The predicted octanol–water partition coefficient (Wildman–Crippen LogP) is 0.825. The average Bonchev–Trinajstić information content (AvgIpc) is 2.99. The van der Waals surface area contributed by atoms with Crippen molar-refractivity contribution in [3.8, 4) is 0 Å². The van der Waals surface area contributed by atoms with Gasteiger partial charge in [0.2, 0.25) is 5.91 Å². The van der Waals surface area contributed by atoms with Gasteiger partial charge in [0.15, 0.2) is 0 Å². The van der Waals surface area contributed by atoms with Gasteiger partial charge in [0, 0.05) is 12.6 Å². The maximum atomic E-state index is 12.3. The summed E-state index contributed by atoms with van der Waals surface area (Å²) >= 11 is 0. The number of aliphatic carboxylic acids is 1. The van der Waals surface area contributed by atoms with Crippen molar-refractivity contribution in [2.24, 2.45) is 11.7 Å². The summed E-state index contributed by atoms with van der Waals surface area (Å²) in [4.78, 5) is 24.5. The van der Waals surface area contributed by atoms with E-state index < -0.39 is 11.5 Å². The summed E-state index contributed by atoms with van der Waals surface area (Å²) in [5, 5.41) is 8.68. The van der Waals surface area contributed by atoms with Crippen LogP contribution in [0.4, 0.5) is 0 Å². The second-order valence-electron chi connectivity index (χ2n) is 5.29. The van der Waals surface area contributed by atoms with E-state index in [0.29, 0.717) is 0 Å². The third-order valence-electron chi connectivity index (χ3n) is 3.34. The molecule has 0 saturated heterocycles. The maximum Gasteiger partial charge on any atom is 0.305 e. The molecule has 1 fully saturated rings. The van der Waals surface area contributed by atoms with Crippen LogP contribution in [0, 0.1) is 5.92 Å². The molecular formula is C12H22N2O3. The largest absolute Gasteiger partial charge is 0.481 e. The van der Waals surface area contributed by atoms with Crippen LogP contribution in [0.25, 0.3) is 0 Å². The molecule has 0 aromatic carbocycles. The summed E-state index contributed by atoms with van der Waals surface area (Å²) in [5.74, 6) is -0.772. The monoisotopic (exact) mass is 242 g/mol. The molecule has 0 radical (unpaired) electrons. The van der Waals surface area contributed by atoms with Crippen LogP contribution in [0.3, 0.4) is 0 Å². The van der Waals surface area contributed by atoms with Gasteiger partial charge < -0.3 is 15.7 Å². The zero-order valence-electron chi connectivity index (χ0n) is 10.8. The quantitative estimate of drug-likeness (QED) is 0.722. The summed E-state index contributed by atoms with van der Waals surface area (Å²) < 4.78 is 0. The number of hydrogen-bond acceptors (Lipinski definition) is 3. The fourth-order valence-corrected chi connectivity index (χ4v) is 1.98. The molecule has 5 nitrogen and oxygen atoms in total. The van der Waals surface area contributed by atoms with Gasteiger partial charge in [-0.1, -0.05) is 0 Å². The second kappa shape index (κ2) is 5.04. The van der Waals surface area contributed by atoms with E-state index in [-0.39, 0.29) is 30.8 Å². The van der Waals surface area contributed by atoms with Crippen LogP contribution >= 0.6 is 0 Å². The summed E-state index contributed by atoms with van der Waals surface area (Å²) in [7, 11) is 0. The first-order valence-electron chi connectivity index (χ1n) is 6.08. The molecule has 1 aliphatic rings. The van der Waals surface area contributed by atoms with E-state index in [1.165, 1.54) is 0 Å². The number of carbonyl (C=O) groups is 2. The molecular weight excluding hydrogens is 220 g/mol. The molecule has 1 atom stereocenters. The van der Waals surface area contributed by atoms with Crippen molar-refractivity contribution in [2.75, 3.05) is 6.54 Å². The Bertz CT molecular complexity index is 309. The van der Waals surface area contributed by atoms with E-state index in [0.717, 1.165) is 12.8 Å². The first-order chi connectivity index (χ1) is 7.76. The summed E-state index contributed by atoms with van der Waals surface area (Å²) in [6.45, 7) is 5.74. The first-order valence-corrected chi connectivity index (χ1v) is 6.08. The fraction of sp³-hybridized carbons (Fsp3) is 0.833. The Morgan fingerprint density at radius 3 is 2.35 bits per heavy atom. The van der Waals surface area contributed by atoms with Crippen molar-refractivity contribution in [1.82, 2.24) is 4.90 Å². The summed E-state index contributed by atoms with van der Waals surface area (Å²) in [6, 6.07) is -0.0246. The predicted molar refractivity (Wildman–Crippen MR) is 64.4 cm³/mol. The third kappa shape index (κ3) is 3.43. The number of carboxylic acids is 1. The molecule has 1 aliphatic carbocycles. The Morgan fingerprint density at radius 2 is 2.00 bits per heavy atom. The van der Waals surface area contributed by atoms with Crippen LogP contribution in [0.1, 0.15) is 40.0 Å². The van der Waals surface area contributed by atoms with Gasteiger partial charge in [-0.15, -0.1) is 0 Å². The van der Waals surface area contributed by atoms with Gasteiger partial charge in [0.1, 0.15) is 0 Å². The third-order valence-corrected chi connectivity index (χ3v) is 3.34. The Hall–Kier alpha value is -1.10. The minimum atomic E-state index is -0.895. The minimum absolute atomic E-state index is 0.0246. The van der Waals surface area contributed by atoms with Crippen molar-refractivity contribution in [3.05, 3.63) is 0 Å². The number of carboxylic acid groups (broad SMARTS) is 1. The van der Waals surface area contributed by atoms with Gasteiger partial charge in [-0.05, 0) is 39.5 Å². The fourth-order valence-electron chi connectivity index (χ4n) is 1.98. The average molecular weight is 242 g/mol. The minimum Gasteiger partial charge on any atom is -0.481 e. The second-order valence-corrected chi connectivity index (χ2v) is 5.29. The van der Waals surface area contributed by atoms with E-state index in [1.54, 1.807) is 11.8 Å². The van der Waals surface area contributed by atoms with Gasteiger partial charge in [0.05, 0.1) is 12.0 Å². The Morgan fingerprint density at radius 1 is 1.47 bits per heavy atom. The molecule has 0 heterocycles. The molecule has 1 amide bonds. The topological polar surface area (TPSA) is 83.6 Å². The zero-order chi connectivity index (χ0) is 13.2. The molecule has 0 aromatic rings. The van der Waals surface area contributed by atoms with Crippen molar-refractivity contribution in [2.45, 2.75) is 51.6 Å². The van der Waals surface area contributed by atoms with Crippen molar-refractivity contribution in [1.29, 1.82) is 0 Å². The number of rotatable bonds is 6. The number of carbonyl (C=O) groups excluding carboxylic acids is 1. The highest BCUT2D eigenvalue weighted by Gasteiger charge is 2.46. The number of amides is 1. The Labute approximate surface area is 102 Å². The van der Waals surface area contributed by atoms with Crippen molar-refractivity contribution in [3.63, 3.8) is 0 Å². The molecule has 3 N–H and O–H groups in total. The molecule has 0 aliphatic heterocycles. The molecule has 0 bridgehead atoms. The SMILES string of the molecule is CC(C)N(CCC(=O)O)C(=O)C(C)(N)C1CC1. The number of hydrogen-bond donors (Lipinski definition) is 2. The van der Waals surface area contributed by atoms with Gasteiger partial charge in [-0.25, -0.2) is 0 Å². The van der Waals surface area contributed by atoms with Gasteiger partial charge in [0.25, 0.3) is 0 Å². The molecule has 0 aromatic heterocycles. The van der Waals surface area contributed by atoms with Crippen LogP contribution in [-0.2, 0) is 9.59 Å². The highest BCUT2D eigenvalue weighted by Crippen LogP contribution is 2.39. The molecule has 1 saturated carbocycles. The maximum absolute atomic E-state index is 12.3. The van der Waals surface area contributed by atoms with E-state index in [2.05, 4.69) is 0 Å². The van der Waals surface area contributed by atoms with E-state index >= 15 is 0 Å². The van der Waals surface area contributed by atoms with Gasteiger partial charge in [-0.3, -0.25) is 9.59 Å². The zero-order valence-corrected chi connectivity index (χ0v) is 10.8. The lowest BCUT2D eigenvalue weighted by Crippen LogP contribution is -2.56. The normalized spacial score (nSPS) is 18.9. The first kappa shape index (κ1) is 14.0. The summed E-state index contributed by atoms with van der Waals surface area (Å²) in [6.07, 6.45) is 1.94. The van der Waals surface area contributed by atoms with E-state index in [1.807, 2.05) is 13.8 Å². The van der Waals surface area contributed by atoms with Crippen LogP contribution in [0.15, 0.2) is 0 Å². The molecule has 0 spiro atoms. The Balaban J connectivity index is 2.69. The van der Waals surface area contributed by atoms with E-state index in [9.17, 15) is 9.59 Å².